The normalized spacial score (nSPS) is 21.4. The van der Waals surface area contributed by atoms with Crippen molar-refractivity contribution in [3.8, 4) is 0 Å². The highest BCUT2D eigenvalue weighted by molar-refractivity contribution is 6.12. The Kier molecular flexibility index (Phi) is 2.81. The van der Waals surface area contributed by atoms with Crippen LogP contribution in [0.15, 0.2) is 48.7 Å². The van der Waals surface area contributed by atoms with Crippen LogP contribution < -0.4 is 0 Å². The summed E-state index contributed by atoms with van der Waals surface area (Å²) in [6.45, 7) is 4.00. The fourth-order valence-corrected chi connectivity index (χ4v) is 3.61. The van der Waals surface area contributed by atoms with E-state index in [0.717, 1.165) is 17.4 Å². The molecule has 3 aromatic rings. The minimum atomic E-state index is 0.733. The van der Waals surface area contributed by atoms with Crippen molar-refractivity contribution in [2.45, 2.75) is 26.2 Å². The molecule has 0 radical (unpaired) electrons. The first-order valence-electron chi connectivity index (χ1n) is 7.91. The molecular weight excluding hydrogens is 254 g/mol. The lowest BCUT2D eigenvalue weighted by Crippen LogP contribution is -1.97. The van der Waals surface area contributed by atoms with Crippen LogP contribution in [0, 0.1) is 5.92 Å². The second-order valence-electron chi connectivity index (χ2n) is 5.64. The van der Waals surface area contributed by atoms with Gasteiger partial charge in [0.25, 0.3) is 0 Å². The molecule has 1 heteroatoms. The molecule has 0 amide bonds. The van der Waals surface area contributed by atoms with E-state index in [9.17, 15) is 0 Å². The Balaban J connectivity index is 0.000000555. The van der Waals surface area contributed by atoms with E-state index in [0.29, 0.717) is 0 Å². The van der Waals surface area contributed by atoms with Gasteiger partial charge in [-0.1, -0.05) is 56.3 Å². The van der Waals surface area contributed by atoms with Crippen molar-refractivity contribution in [1.29, 1.82) is 0 Å². The van der Waals surface area contributed by atoms with Gasteiger partial charge in [0.1, 0.15) is 0 Å². The molecule has 0 spiro atoms. The van der Waals surface area contributed by atoms with Crippen LogP contribution in [0.4, 0.5) is 0 Å². The Morgan fingerprint density at radius 2 is 1.71 bits per heavy atom. The Morgan fingerprint density at radius 1 is 0.952 bits per heavy atom. The predicted octanol–water partition coefficient (Wildman–Crippen LogP) is 5.54. The van der Waals surface area contributed by atoms with Crippen molar-refractivity contribution in [2.24, 2.45) is 5.92 Å². The maximum Gasteiger partial charge on any atom is 0.0783 e. The van der Waals surface area contributed by atoms with E-state index in [2.05, 4.69) is 47.5 Å². The molecule has 104 valence electrons. The van der Waals surface area contributed by atoms with Gasteiger partial charge in [0, 0.05) is 17.1 Å². The lowest BCUT2D eigenvalue weighted by molar-refractivity contribution is 1.01. The molecule has 1 fully saturated rings. The summed E-state index contributed by atoms with van der Waals surface area (Å²) in [6.07, 6.45) is 7.89. The van der Waals surface area contributed by atoms with Gasteiger partial charge in [-0.15, -0.1) is 0 Å². The Morgan fingerprint density at radius 3 is 2.57 bits per heavy atom. The number of nitrogens with zero attached hydrogens (tertiary/aromatic N) is 1. The van der Waals surface area contributed by atoms with Crippen LogP contribution in [-0.4, -0.2) is 4.98 Å². The van der Waals surface area contributed by atoms with Gasteiger partial charge in [0.2, 0.25) is 0 Å². The second kappa shape index (κ2) is 4.70. The zero-order chi connectivity index (χ0) is 14.4. The van der Waals surface area contributed by atoms with Crippen molar-refractivity contribution in [2.75, 3.05) is 0 Å². The monoisotopic (exact) mass is 273 g/mol. The van der Waals surface area contributed by atoms with Crippen LogP contribution >= 0.6 is 0 Å². The first-order chi connectivity index (χ1) is 10.4. The van der Waals surface area contributed by atoms with E-state index >= 15 is 0 Å². The highest BCUT2D eigenvalue weighted by Gasteiger charge is 2.41. The minimum Gasteiger partial charge on any atom is -0.256 e. The summed E-state index contributed by atoms with van der Waals surface area (Å²) in [5.74, 6) is 1.51. The van der Waals surface area contributed by atoms with Gasteiger partial charge in [-0.3, -0.25) is 4.98 Å². The van der Waals surface area contributed by atoms with Gasteiger partial charge in [-0.05, 0) is 40.7 Å². The van der Waals surface area contributed by atoms with Crippen molar-refractivity contribution in [3.63, 3.8) is 0 Å². The third-order valence-electron chi connectivity index (χ3n) is 4.58. The summed E-state index contributed by atoms with van der Waals surface area (Å²) in [7, 11) is 0. The summed E-state index contributed by atoms with van der Waals surface area (Å²) in [6, 6.07) is 13.0. The molecule has 1 nitrogen and oxygen atoms in total. The molecule has 0 N–H and O–H groups in total. The third kappa shape index (κ3) is 1.73. The van der Waals surface area contributed by atoms with Crippen molar-refractivity contribution in [1.82, 2.24) is 4.98 Å². The first-order valence-corrected chi connectivity index (χ1v) is 7.91. The maximum atomic E-state index is 4.65. The summed E-state index contributed by atoms with van der Waals surface area (Å²) < 4.78 is 0. The number of benzene rings is 2. The summed E-state index contributed by atoms with van der Waals surface area (Å²) in [5.41, 5.74) is 4.06. The molecular formula is C20H19N. The zero-order valence-corrected chi connectivity index (χ0v) is 12.5. The van der Waals surface area contributed by atoms with Gasteiger partial charge >= 0.3 is 0 Å². The van der Waals surface area contributed by atoms with Crippen molar-refractivity contribution >= 4 is 27.8 Å². The van der Waals surface area contributed by atoms with E-state index in [1.165, 1.54) is 33.7 Å². The van der Waals surface area contributed by atoms with Crippen LogP contribution in [-0.2, 0) is 0 Å². The minimum absolute atomic E-state index is 0.733. The van der Waals surface area contributed by atoms with Gasteiger partial charge in [0.15, 0.2) is 0 Å². The summed E-state index contributed by atoms with van der Waals surface area (Å²) >= 11 is 0. The Bertz CT molecular complexity index is 860. The molecule has 0 bridgehead atoms. The van der Waals surface area contributed by atoms with Gasteiger partial charge in [-0.2, -0.15) is 0 Å². The fraction of sp³-hybridized carbons (Fsp3) is 0.250. The molecule has 1 saturated carbocycles. The van der Waals surface area contributed by atoms with E-state index < -0.39 is 0 Å². The van der Waals surface area contributed by atoms with E-state index in [-0.39, 0.29) is 0 Å². The first kappa shape index (κ1) is 12.6. The number of hydrogen-bond donors (Lipinski definition) is 0. The van der Waals surface area contributed by atoms with Crippen LogP contribution in [0.3, 0.4) is 0 Å². The number of hydrogen-bond acceptors (Lipinski definition) is 1. The number of pyridine rings is 1. The average Bonchev–Trinajstić information content (AvgIpc) is 3.36. The number of fused-ring (bicyclic) bond motifs is 8. The highest BCUT2D eigenvalue weighted by Crippen LogP contribution is 2.55. The number of aromatic nitrogens is 1. The molecule has 1 aromatic heterocycles. The molecule has 2 unspecified atom stereocenters. The van der Waals surface area contributed by atoms with E-state index in [4.69, 9.17) is 0 Å². The van der Waals surface area contributed by atoms with Crippen LogP contribution in [0.2, 0.25) is 0 Å². The third-order valence-corrected chi connectivity index (χ3v) is 4.58. The lowest BCUT2D eigenvalue weighted by Gasteiger charge is -2.16. The standard InChI is InChI=1S/C18H13N.C2H6/c1-2-5-13-12(4-1)14-6-3-9-19-18(14)15-8-7-11-10-16(11)17(13)15;1-2/h1-9,11,16H,10H2;1-2H3. The number of rotatable bonds is 0. The Labute approximate surface area is 125 Å². The summed E-state index contributed by atoms with van der Waals surface area (Å²) in [4.78, 5) is 4.65. The molecule has 0 aliphatic heterocycles. The van der Waals surface area contributed by atoms with Crippen LogP contribution in [0.5, 0.6) is 0 Å². The quantitative estimate of drug-likeness (QED) is 0.490. The molecule has 5 rings (SSSR count). The van der Waals surface area contributed by atoms with Crippen molar-refractivity contribution in [3.05, 3.63) is 59.8 Å². The van der Waals surface area contributed by atoms with Crippen molar-refractivity contribution < 1.29 is 0 Å². The second-order valence-corrected chi connectivity index (χ2v) is 5.64. The molecule has 0 saturated heterocycles. The van der Waals surface area contributed by atoms with Crippen LogP contribution in [0.25, 0.3) is 27.8 Å². The lowest BCUT2D eigenvalue weighted by atomic mass is 9.88. The van der Waals surface area contributed by atoms with Crippen LogP contribution in [0.1, 0.15) is 37.3 Å². The molecule has 2 aliphatic carbocycles. The largest absolute Gasteiger partial charge is 0.256 e. The Hall–Kier alpha value is -2.15. The predicted molar refractivity (Wildman–Crippen MR) is 90.5 cm³/mol. The fourth-order valence-electron chi connectivity index (χ4n) is 3.61. The average molecular weight is 273 g/mol. The SMILES string of the molecule is C1=CC2CC2c2c1c1ncccc1c1ccccc21.CC. The molecule has 2 aromatic carbocycles. The number of allylic oxidation sites excluding steroid dienone is 1. The molecule has 2 atom stereocenters. The zero-order valence-electron chi connectivity index (χ0n) is 12.5. The topological polar surface area (TPSA) is 12.9 Å². The molecule has 2 aliphatic rings. The van der Waals surface area contributed by atoms with Gasteiger partial charge in [0.05, 0.1) is 5.52 Å². The smallest absolute Gasteiger partial charge is 0.0783 e. The highest BCUT2D eigenvalue weighted by atomic mass is 14.7. The van der Waals surface area contributed by atoms with Gasteiger partial charge < -0.3 is 0 Å². The van der Waals surface area contributed by atoms with E-state index in [1.807, 2.05) is 26.1 Å². The molecule has 21 heavy (non-hydrogen) atoms. The molecule has 1 heterocycles. The summed E-state index contributed by atoms with van der Waals surface area (Å²) in [5, 5.41) is 4.06. The van der Waals surface area contributed by atoms with Gasteiger partial charge in [-0.25, -0.2) is 0 Å². The maximum absolute atomic E-state index is 4.65. The van der Waals surface area contributed by atoms with E-state index in [1.54, 1.807) is 0 Å².